The average molecular weight is 501 g/mol. The molecule has 0 aliphatic heterocycles. The summed E-state index contributed by atoms with van der Waals surface area (Å²) < 4.78 is 5.65. The molecule has 9 nitrogen and oxygen atoms in total. The smallest absolute Gasteiger partial charge is 0.269 e. The second-order valence-corrected chi connectivity index (χ2v) is 7.74. The Morgan fingerprint density at radius 2 is 1.68 bits per heavy atom. The van der Waals surface area contributed by atoms with Crippen LogP contribution in [0.15, 0.2) is 71.8 Å². The summed E-state index contributed by atoms with van der Waals surface area (Å²) in [5, 5.41) is 17.7. The minimum absolute atomic E-state index is 0.0200. The SMILES string of the molecule is O=C(CC(=O)Nc1ccc(Cl)c(Cl)c1)NN=Cc1ccc(OCc2ccc([N+](=O)[O-])cc2)cc1. The molecule has 0 aromatic heterocycles. The summed E-state index contributed by atoms with van der Waals surface area (Å²) in [7, 11) is 0. The van der Waals surface area contributed by atoms with Gasteiger partial charge in [0, 0.05) is 17.8 Å². The number of hydrazone groups is 1. The molecule has 34 heavy (non-hydrogen) atoms. The summed E-state index contributed by atoms with van der Waals surface area (Å²) in [5.74, 6) is -0.518. The molecule has 0 aliphatic carbocycles. The van der Waals surface area contributed by atoms with Crippen molar-refractivity contribution in [3.05, 3.63) is 98.0 Å². The third kappa shape index (κ3) is 7.58. The molecule has 0 saturated carbocycles. The first-order valence-corrected chi connectivity index (χ1v) is 10.6. The van der Waals surface area contributed by atoms with E-state index in [1.807, 2.05) is 0 Å². The van der Waals surface area contributed by atoms with Gasteiger partial charge in [0.05, 0.1) is 21.2 Å². The zero-order valence-electron chi connectivity index (χ0n) is 17.5. The highest BCUT2D eigenvalue weighted by atomic mass is 35.5. The average Bonchev–Trinajstić information content (AvgIpc) is 2.81. The van der Waals surface area contributed by atoms with Gasteiger partial charge in [0.25, 0.3) is 5.69 Å². The molecule has 174 valence electrons. The maximum Gasteiger partial charge on any atom is 0.269 e. The number of nitro benzene ring substituents is 1. The zero-order chi connectivity index (χ0) is 24.5. The molecule has 0 radical (unpaired) electrons. The number of ether oxygens (including phenoxy) is 1. The minimum Gasteiger partial charge on any atom is -0.489 e. The van der Waals surface area contributed by atoms with E-state index in [2.05, 4.69) is 15.8 Å². The van der Waals surface area contributed by atoms with Crippen LogP contribution < -0.4 is 15.5 Å². The van der Waals surface area contributed by atoms with Crippen molar-refractivity contribution >= 4 is 52.6 Å². The van der Waals surface area contributed by atoms with Crippen molar-refractivity contribution in [2.24, 2.45) is 5.10 Å². The standard InChI is InChI=1S/C23H18Cl2N4O5/c24-20-10-5-17(11-21(20)25)27-22(30)12-23(31)28-26-13-15-3-8-19(9-4-15)34-14-16-1-6-18(7-2-16)29(32)33/h1-11,13H,12,14H2,(H,27,30)(H,28,31). The van der Waals surface area contributed by atoms with Gasteiger partial charge < -0.3 is 10.1 Å². The number of benzene rings is 3. The molecule has 0 heterocycles. The Kier molecular flexibility index (Phi) is 8.55. The summed E-state index contributed by atoms with van der Waals surface area (Å²) >= 11 is 11.7. The summed E-state index contributed by atoms with van der Waals surface area (Å²) in [6.45, 7) is 0.256. The van der Waals surface area contributed by atoms with Gasteiger partial charge in [-0.15, -0.1) is 0 Å². The molecular weight excluding hydrogens is 483 g/mol. The number of halogens is 2. The van der Waals surface area contributed by atoms with Crippen LogP contribution in [0, 0.1) is 10.1 Å². The molecule has 11 heteroatoms. The molecule has 0 atom stereocenters. The van der Waals surface area contributed by atoms with E-state index in [0.29, 0.717) is 22.0 Å². The fraction of sp³-hybridized carbons (Fsp3) is 0.0870. The lowest BCUT2D eigenvalue weighted by Crippen LogP contribution is -2.24. The van der Waals surface area contributed by atoms with Gasteiger partial charge in [-0.3, -0.25) is 19.7 Å². The van der Waals surface area contributed by atoms with Gasteiger partial charge in [-0.2, -0.15) is 5.10 Å². The first-order valence-electron chi connectivity index (χ1n) is 9.83. The van der Waals surface area contributed by atoms with Gasteiger partial charge >= 0.3 is 0 Å². The van der Waals surface area contributed by atoms with Crippen LogP contribution in [0.5, 0.6) is 5.75 Å². The van der Waals surface area contributed by atoms with Gasteiger partial charge in [0.15, 0.2) is 0 Å². The molecule has 0 bridgehead atoms. The van der Waals surface area contributed by atoms with Crippen LogP contribution in [0.25, 0.3) is 0 Å². The van der Waals surface area contributed by atoms with E-state index in [1.54, 1.807) is 42.5 Å². The Morgan fingerprint density at radius 3 is 2.32 bits per heavy atom. The second-order valence-electron chi connectivity index (χ2n) is 6.93. The molecule has 0 unspecified atom stereocenters. The van der Waals surface area contributed by atoms with E-state index in [1.165, 1.54) is 30.5 Å². The Morgan fingerprint density at radius 1 is 0.971 bits per heavy atom. The van der Waals surface area contributed by atoms with E-state index in [-0.39, 0.29) is 17.3 Å². The first-order chi connectivity index (χ1) is 16.3. The minimum atomic E-state index is -0.586. The Labute approximate surface area is 204 Å². The number of carbonyl (C=O) groups is 2. The molecule has 3 rings (SSSR count). The quantitative estimate of drug-likeness (QED) is 0.186. The lowest BCUT2D eigenvalue weighted by atomic mass is 10.2. The highest BCUT2D eigenvalue weighted by Gasteiger charge is 2.10. The highest BCUT2D eigenvalue weighted by Crippen LogP contribution is 2.25. The second kappa shape index (κ2) is 11.8. The van der Waals surface area contributed by atoms with Crippen molar-refractivity contribution in [1.29, 1.82) is 0 Å². The number of amides is 2. The predicted octanol–water partition coefficient (Wildman–Crippen LogP) is 4.96. The number of hydrogen-bond donors (Lipinski definition) is 2. The van der Waals surface area contributed by atoms with Crippen molar-refractivity contribution < 1.29 is 19.2 Å². The van der Waals surface area contributed by atoms with Crippen molar-refractivity contribution in [3.8, 4) is 5.75 Å². The maximum absolute atomic E-state index is 12.0. The van der Waals surface area contributed by atoms with Crippen LogP contribution in [0.1, 0.15) is 17.5 Å². The third-order valence-electron chi connectivity index (χ3n) is 4.36. The van der Waals surface area contributed by atoms with Crippen molar-refractivity contribution in [3.63, 3.8) is 0 Å². The van der Waals surface area contributed by atoms with Crippen LogP contribution in [0.2, 0.25) is 10.0 Å². The van der Waals surface area contributed by atoms with Crippen LogP contribution in [-0.2, 0) is 16.2 Å². The normalized spacial score (nSPS) is 10.6. The number of hydrogen-bond acceptors (Lipinski definition) is 6. The summed E-state index contributed by atoms with van der Waals surface area (Å²) in [6.07, 6.45) is 1.00. The van der Waals surface area contributed by atoms with Gasteiger partial charge in [0.1, 0.15) is 18.8 Å². The fourth-order valence-corrected chi connectivity index (χ4v) is 2.97. The number of nitrogens with zero attached hydrogens (tertiary/aromatic N) is 2. The van der Waals surface area contributed by atoms with Crippen LogP contribution >= 0.6 is 23.2 Å². The number of anilines is 1. The van der Waals surface area contributed by atoms with Crippen molar-refractivity contribution in [2.75, 3.05) is 5.32 Å². The van der Waals surface area contributed by atoms with Gasteiger partial charge in [-0.05, 0) is 65.7 Å². The van der Waals surface area contributed by atoms with Gasteiger partial charge in [0.2, 0.25) is 11.8 Å². The van der Waals surface area contributed by atoms with Crippen LogP contribution in [0.4, 0.5) is 11.4 Å². The van der Waals surface area contributed by atoms with E-state index in [4.69, 9.17) is 27.9 Å². The van der Waals surface area contributed by atoms with Crippen molar-refractivity contribution in [1.82, 2.24) is 5.43 Å². The predicted molar refractivity (Wildman–Crippen MR) is 129 cm³/mol. The van der Waals surface area contributed by atoms with Gasteiger partial charge in [-0.1, -0.05) is 23.2 Å². The van der Waals surface area contributed by atoms with E-state index >= 15 is 0 Å². The molecule has 2 N–H and O–H groups in total. The van der Waals surface area contributed by atoms with E-state index in [0.717, 1.165) is 5.56 Å². The molecule has 0 fully saturated rings. The Balaban J connectivity index is 1.42. The molecular formula is C23H18Cl2N4O5. The highest BCUT2D eigenvalue weighted by molar-refractivity contribution is 6.42. The van der Waals surface area contributed by atoms with Crippen LogP contribution in [0.3, 0.4) is 0 Å². The zero-order valence-corrected chi connectivity index (χ0v) is 19.0. The maximum atomic E-state index is 12.0. The van der Waals surface area contributed by atoms with Crippen molar-refractivity contribution in [2.45, 2.75) is 13.0 Å². The lowest BCUT2D eigenvalue weighted by molar-refractivity contribution is -0.384. The molecule has 0 aliphatic rings. The number of nitrogens with one attached hydrogen (secondary N) is 2. The monoisotopic (exact) mass is 500 g/mol. The summed E-state index contributed by atoms with van der Waals surface area (Å²) in [6, 6.07) is 17.6. The van der Waals surface area contributed by atoms with Gasteiger partial charge in [-0.25, -0.2) is 5.43 Å². The molecule has 3 aromatic carbocycles. The Bertz CT molecular complexity index is 1220. The Hall–Kier alpha value is -3.95. The number of non-ortho nitro benzene ring substituents is 1. The summed E-state index contributed by atoms with van der Waals surface area (Å²) in [4.78, 5) is 34.1. The lowest BCUT2D eigenvalue weighted by Gasteiger charge is -2.06. The number of nitro groups is 1. The molecule has 2 amide bonds. The van der Waals surface area contributed by atoms with E-state index in [9.17, 15) is 19.7 Å². The van der Waals surface area contributed by atoms with E-state index < -0.39 is 23.2 Å². The largest absolute Gasteiger partial charge is 0.489 e. The fourth-order valence-electron chi connectivity index (χ4n) is 2.67. The third-order valence-corrected chi connectivity index (χ3v) is 5.10. The number of carbonyl (C=O) groups excluding carboxylic acids is 2. The van der Waals surface area contributed by atoms with Crippen LogP contribution in [-0.4, -0.2) is 23.0 Å². The molecule has 3 aromatic rings. The molecule has 0 spiro atoms. The first kappa shape index (κ1) is 24.7. The number of rotatable bonds is 9. The summed E-state index contributed by atoms with van der Waals surface area (Å²) in [5.41, 5.74) is 4.22. The molecule has 0 saturated heterocycles. The topological polar surface area (TPSA) is 123 Å².